The lowest BCUT2D eigenvalue weighted by molar-refractivity contribution is -0.116. The number of para-hydroxylation sites is 1. The molecule has 2 aromatic carbocycles. The lowest BCUT2D eigenvalue weighted by Crippen LogP contribution is -2.31. The molecule has 0 aliphatic heterocycles. The number of hydrogen-bond acceptors (Lipinski definition) is 3. The monoisotopic (exact) mass is 324 g/mol. The highest BCUT2D eigenvalue weighted by Crippen LogP contribution is 2.18. The largest absolute Gasteiger partial charge is 0.300 e. The number of carbonyl (C=O) groups excluding carboxylic acids is 1. The van der Waals surface area contributed by atoms with Crippen molar-refractivity contribution in [2.24, 2.45) is 5.10 Å². The SMILES string of the molecule is CC(=O)CCC(=NN(c1ccccc1)[SiH](C)C)c1ccccc1. The Labute approximate surface area is 140 Å². The first-order chi connectivity index (χ1) is 11.1. The summed E-state index contributed by atoms with van der Waals surface area (Å²) in [4.78, 5) is 11.4. The fourth-order valence-electron chi connectivity index (χ4n) is 2.36. The van der Waals surface area contributed by atoms with E-state index in [-0.39, 0.29) is 5.78 Å². The summed E-state index contributed by atoms with van der Waals surface area (Å²) in [7, 11) is -1.18. The van der Waals surface area contributed by atoms with Crippen LogP contribution >= 0.6 is 0 Å². The number of nitrogens with zero attached hydrogens (tertiary/aromatic N) is 2. The van der Waals surface area contributed by atoms with Gasteiger partial charge in [-0.2, -0.15) is 5.10 Å². The molecular formula is C19H24N2OSi. The van der Waals surface area contributed by atoms with E-state index in [0.29, 0.717) is 12.8 Å². The van der Waals surface area contributed by atoms with Gasteiger partial charge in [0.1, 0.15) is 5.78 Å². The predicted molar refractivity (Wildman–Crippen MR) is 101 cm³/mol. The van der Waals surface area contributed by atoms with E-state index in [0.717, 1.165) is 17.0 Å². The predicted octanol–water partition coefficient (Wildman–Crippen LogP) is 4.25. The van der Waals surface area contributed by atoms with Crippen LogP contribution in [0.15, 0.2) is 65.8 Å². The molecule has 2 rings (SSSR count). The van der Waals surface area contributed by atoms with Gasteiger partial charge in [-0.05, 0) is 31.0 Å². The fourth-order valence-corrected chi connectivity index (χ4v) is 3.50. The van der Waals surface area contributed by atoms with Gasteiger partial charge in [0.05, 0.1) is 5.71 Å². The van der Waals surface area contributed by atoms with Crippen LogP contribution in [0, 0.1) is 0 Å². The number of hydrazone groups is 1. The highest BCUT2D eigenvalue weighted by Gasteiger charge is 2.13. The maximum atomic E-state index is 11.4. The average molecular weight is 325 g/mol. The summed E-state index contributed by atoms with van der Waals surface area (Å²) in [6.07, 6.45) is 1.19. The lowest BCUT2D eigenvalue weighted by atomic mass is 10.0. The highest BCUT2D eigenvalue weighted by molar-refractivity contribution is 6.60. The summed E-state index contributed by atoms with van der Waals surface area (Å²) >= 11 is 0. The van der Waals surface area contributed by atoms with Gasteiger partial charge in [0.2, 0.25) is 0 Å². The number of hydrogen-bond donors (Lipinski definition) is 0. The minimum Gasteiger partial charge on any atom is -0.300 e. The molecule has 120 valence electrons. The normalized spacial score (nSPS) is 11.6. The molecule has 4 heteroatoms. The molecular weight excluding hydrogens is 300 g/mol. The van der Waals surface area contributed by atoms with E-state index in [1.54, 1.807) is 6.92 Å². The van der Waals surface area contributed by atoms with Gasteiger partial charge in [-0.1, -0.05) is 61.6 Å². The molecule has 3 nitrogen and oxygen atoms in total. The molecule has 0 radical (unpaired) electrons. The van der Waals surface area contributed by atoms with Crippen molar-refractivity contribution >= 4 is 26.1 Å². The number of anilines is 1. The lowest BCUT2D eigenvalue weighted by Gasteiger charge is -2.24. The van der Waals surface area contributed by atoms with Gasteiger partial charge in [-0.25, -0.2) is 0 Å². The standard InChI is InChI=1S/C19H24N2OSi/c1-16(22)14-15-19(17-10-6-4-7-11-17)20-21(23(2)3)18-12-8-5-9-13-18/h4-13,23H,14-15H2,1-3H3. The molecule has 0 unspecified atom stereocenters. The summed E-state index contributed by atoms with van der Waals surface area (Å²) in [5.74, 6) is 0.196. The first-order valence-corrected chi connectivity index (χ1v) is 10.9. The third-order valence-corrected chi connectivity index (χ3v) is 4.95. The molecule has 0 atom stereocenters. The molecule has 0 heterocycles. The third-order valence-electron chi connectivity index (χ3n) is 3.56. The van der Waals surface area contributed by atoms with Crippen LogP contribution in [-0.4, -0.2) is 20.5 Å². The number of rotatable bonds is 7. The number of benzene rings is 2. The molecule has 0 amide bonds. The molecule has 0 aromatic heterocycles. The Morgan fingerprint density at radius 3 is 2.04 bits per heavy atom. The fraction of sp³-hybridized carbons (Fsp3) is 0.263. The van der Waals surface area contributed by atoms with Crippen LogP contribution in [0.5, 0.6) is 0 Å². The van der Waals surface area contributed by atoms with Crippen molar-refractivity contribution in [3.63, 3.8) is 0 Å². The maximum absolute atomic E-state index is 11.4. The molecule has 0 spiro atoms. The summed E-state index contributed by atoms with van der Waals surface area (Å²) < 4.78 is 2.16. The second-order valence-corrected chi connectivity index (χ2v) is 8.57. The van der Waals surface area contributed by atoms with Gasteiger partial charge in [-0.15, -0.1) is 0 Å². The second kappa shape index (κ2) is 8.43. The Hall–Kier alpha value is -2.20. The van der Waals surface area contributed by atoms with Crippen LogP contribution in [0.3, 0.4) is 0 Å². The molecule has 0 N–H and O–H groups in total. The number of ketones is 1. The molecule has 0 saturated heterocycles. The first kappa shape index (κ1) is 17.2. The zero-order valence-corrected chi connectivity index (χ0v) is 15.2. The Balaban J connectivity index is 2.38. The second-order valence-electron chi connectivity index (χ2n) is 5.89. The van der Waals surface area contributed by atoms with Crippen LogP contribution in [0.1, 0.15) is 25.3 Å². The minimum atomic E-state index is -1.18. The Morgan fingerprint density at radius 2 is 1.52 bits per heavy atom. The van der Waals surface area contributed by atoms with E-state index < -0.39 is 8.96 Å². The van der Waals surface area contributed by atoms with Crippen LogP contribution in [0.4, 0.5) is 5.69 Å². The van der Waals surface area contributed by atoms with Crippen molar-refractivity contribution in [3.8, 4) is 0 Å². The van der Waals surface area contributed by atoms with Gasteiger partial charge < -0.3 is 4.79 Å². The summed E-state index contributed by atoms with van der Waals surface area (Å²) in [5.41, 5.74) is 3.18. The van der Waals surface area contributed by atoms with E-state index in [9.17, 15) is 4.79 Å². The van der Waals surface area contributed by atoms with Crippen molar-refractivity contribution in [2.75, 3.05) is 4.67 Å². The minimum absolute atomic E-state index is 0.196. The maximum Gasteiger partial charge on any atom is 0.164 e. The zero-order chi connectivity index (χ0) is 16.7. The van der Waals surface area contributed by atoms with Crippen LogP contribution in [-0.2, 0) is 4.79 Å². The van der Waals surface area contributed by atoms with E-state index in [2.05, 4.69) is 42.0 Å². The molecule has 0 saturated carbocycles. The smallest absolute Gasteiger partial charge is 0.164 e. The van der Waals surface area contributed by atoms with Gasteiger partial charge in [0.25, 0.3) is 0 Å². The van der Waals surface area contributed by atoms with Gasteiger partial charge >= 0.3 is 0 Å². The van der Waals surface area contributed by atoms with Crippen molar-refractivity contribution in [1.29, 1.82) is 0 Å². The Kier molecular flexibility index (Phi) is 6.29. The van der Waals surface area contributed by atoms with Crippen molar-refractivity contribution in [2.45, 2.75) is 32.9 Å². The Bertz CT molecular complexity index is 654. The Morgan fingerprint density at radius 1 is 0.957 bits per heavy atom. The van der Waals surface area contributed by atoms with Crippen molar-refractivity contribution in [1.82, 2.24) is 0 Å². The molecule has 0 bridgehead atoms. The highest BCUT2D eigenvalue weighted by atomic mass is 28.3. The van der Waals surface area contributed by atoms with E-state index in [1.165, 1.54) is 0 Å². The zero-order valence-electron chi connectivity index (χ0n) is 14.1. The van der Waals surface area contributed by atoms with E-state index >= 15 is 0 Å². The van der Waals surface area contributed by atoms with E-state index in [1.807, 2.05) is 36.4 Å². The van der Waals surface area contributed by atoms with Gasteiger partial charge in [0.15, 0.2) is 8.96 Å². The van der Waals surface area contributed by atoms with Crippen LogP contribution < -0.4 is 4.67 Å². The topological polar surface area (TPSA) is 32.7 Å². The van der Waals surface area contributed by atoms with Crippen LogP contribution in [0.2, 0.25) is 13.1 Å². The third kappa shape index (κ3) is 5.18. The molecule has 0 aliphatic rings. The average Bonchev–Trinajstić information content (AvgIpc) is 2.56. The van der Waals surface area contributed by atoms with Gasteiger partial charge in [-0.3, -0.25) is 4.67 Å². The number of Topliss-reactive ketones (excluding diaryl/α,β-unsaturated/α-hetero) is 1. The summed E-state index contributed by atoms with van der Waals surface area (Å²) in [6, 6.07) is 20.4. The molecule has 0 fully saturated rings. The quantitative estimate of drug-likeness (QED) is 0.433. The summed E-state index contributed by atoms with van der Waals surface area (Å²) in [6.45, 7) is 6.14. The molecule has 2 aromatic rings. The molecule has 23 heavy (non-hydrogen) atoms. The number of carbonyl (C=O) groups is 1. The van der Waals surface area contributed by atoms with Crippen molar-refractivity contribution in [3.05, 3.63) is 66.2 Å². The van der Waals surface area contributed by atoms with E-state index in [4.69, 9.17) is 5.10 Å². The van der Waals surface area contributed by atoms with Crippen LogP contribution in [0.25, 0.3) is 0 Å². The van der Waals surface area contributed by atoms with Crippen molar-refractivity contribution < 1.29 is 4.79 Å². The molecule has 0 aliphatic carbocycles. The summed E-state index contributed by atoms with van der Waals surface area (Å²) in [5, 5.41) is 4.95. The first-order valence-electron chi connectivity index (χ1n) is 8.04. The van der Waals surface area contributed by atoms with Gasteiger partial charge in [0, 0.05) is 12.1 Å².